The molecule has 0 aromatic carbocycles. The topological polar surface area (TPSA) is 229 Å². The van der Waals surface area contributed by atoms with Gasteiger partial charge >= 0.3 is 15.1 Å². The number of anilines is 2. The molecule has 0 amide bonds. The summed E-state index contributed by atoms with van der Waals surface area (Å²) in [6, 6.07) is 0. The van der Waals surface area contributed by atoms with Crippen molar-refractivity contribution in [2.24, 2.45) is 0 Å². The molecule has 23 heteroatoms. The van der Waals surface area contributed by atoms with Crippen molar-refractivity contribution < 1.29 is 45.5 Å². The second kappa shape index (κ2) is 10.9. The molecule has 230 valence electrons. The molecule has 3 aliphatic heterocycles. The lowest BCUT2D eigenvalue weighted by atomic mass is 10.1. The fourth-order valence-corrected chi connectivity index (χ4v) is 7.49. The van der Waals surface area contributed by atoms with E-state index in [-0.39, 0.29) is 34.0 Å². The Morgan fingerprint density at radius 1 is 0.860 bits per heavy atom. The molecule has 10 atom stereocenters. The molecular weight excluding hydrogens is 640 g/mol. The van der Waals surface area contributed by atoms with E-state index in [4.69, 9.17) is 39.0 Å². The maximum absolute atomic E-state index is 15.9. The van der Waals surface area contributed by atoms with Crippen LogP contribution >= 0.6 is 27.3 Å². The highest BCUT2D eigenvalue weighted by Gasteiger charge is 2.53. The molecule has 4 aromatic heterocycles. The smallest absolute Gasteiger partial charge is 0.382 e. The molecule has 4 aromatic rings. The van der Waals surface area contributed by atoms with Gasteiger partial charge in [-0.2, -0.15) is 0 Å². The maximum Gasteiger partial charge on any atom is 0.386 e. The summed E-state index contributed by atoms with van der Waals surface area (Å²) in [6.07, 6.45) is -7.59. The maximum atomic E-state index is 15.9. The average molecular weight is 662 g/mol. The van der Waals surface area contributed by atoms with Crippen LogP contribution in [0.15, 0.2) is 25.3 Å². The quantitative estimate of drug-likeness (QED) is 0.204. The van der Waals surface area contributed by atoms with Gasteiger partial charge in [-0.25, -0.2) is 43.2 Å². The molecule has 7 heterocycles. The number of nitrogen functional groups attached to an aromatic ring is 2. The number of alkyl halides is 2. The van der Waals surface area contributed by atoms with Crippen LogP contribution in [0.1, 0.15) is 12.5 Å². The molecule has 0 radical (unpaired) electrons. The lowest BCUT2D eigenvalue weighted by Gasteiger charge is -2.26. The van der Waals surface area contributed by atoms with Crippen molar-refractivity contribution in [2.45, 2.75) is 49.2 Å². The van der Waals surface area contributed by atoms with Crippen LogP contribution in [0.3, 0.4) is 0 Å². The Morgan fingerprint density at radius 2 is 1.40 bits per heavy atom. The summed E-state index contributed by atoms with van der Waals surface area (Å²) in [4.78, 5) is 24.0. The number of hydrogen-bond acceptors (Lipinski definition) is 16. The first-order valence-electron chi connectivity index (χ1n) is 12.6. The second-order valence-electron chi connectivity index (χ2n) is 9.66. The number of hydrogen-bond donors (Lipinski definition) is 3. The zero-order valence-corrected chi connectivity index (χ0v) is 24.3. The summed E-state index contributed by atoms with van der Waals surface area (Å²) in [5, 5.41) is 0. The molecule has 0 aliphatic carbocycles. The third-order valence-electron chi connectivity index (χ3n) is 7.11. The minimum Gasteiger partial charge on any atom is -0.382 e. The minimum absolute atomic E-state index is 0.0621. The number of nitrogens with two attached hydrogens (primary N) is 2. The number of fused-ring (bicyclic) bond motifs is 4. The Labute approximate surface area is 245 Å². The van der Waals surface area contributed by atoms with Gasteiger partial charge in [-0.3, -0.25) is 22.7 Å². The molecule has 2 unspecified atom stereocenters. The van der Waals surface area contributed by atoms with Crippen molar-refractivity contribution in [3.05, 3.63) is 25.3 Å². The van der Waals surface area contributed by atoms with E-state index in [9.17, 15) is 9.13 Å². The SMILES string of the molecule is Nc1ncnc2c1ncn2[C@@H]1O[C@@H]2COP(=O)(S)O[C@H]3[C@H](F)[C@H](n4cnc5c(N)ncnc54)O[C@@H]3CO[PH](=O)O[C@H]2[C@@H]1F. The van der Waals surface area contributed by atoms with Gasteiger partial charge in [0.05, 0.1) is 25.9 Å². The first-order chi connectivity index (χ1) is 20.6. The molecule has 7 rings (SSSR count). The molecule has 0 saturated carbocycles. The highest BCUT2D eigenvalue weighted by molar-refractivity contribution is 8.44. The van der Waals surface area contributed by atoms with E-state index in [0.29, 0.717) is 0 Å². The van der Waals surface area contributed by atoms with Crippen molar-refractivity contribution in [3.8, 4) is 0 Å². The van der Waals surface area contributed by atoms with Gasteiger partial charge in [-0.05, 0) is 0 Å². The highest BCUT2D eigenvalue weighted by Crippen LogP contribution is 2.57. The molecule has 0 spiro atoms. The van der Waals surface area contributed by atoms with Crippen LogP contribution in [-0.4, -0.2) is 89.0 Å². The first kappa shape index (κ1) is 28.9. The van der Waals surface area contributed by atoms with Crippen LogP contribution < -0.4 is 11.5 Å². The molecule has 18 nitrogen and oxygen atoms in total. The third kappa shape index (κ3) is 5.07. The lowest BCUT2D eigenvalue weighted by Crippen LogP contribution is -2.36. The standard InChI is InChI=1S/C20H22F2N10O8P2S/c21-9-13-8(38-19(9)31-5-29-11-15(23)25-3-27-17(11)31)2-36-42(34,43)40-14-7(1-35-41(33)39-13)37-20(10(14)22)32-6-30-12-16(24)26-4-28-18(12)32/h3-10,13-14,19-20,41H,1-2H2,(H,34,43)(H2,23,25,27)(H2,24,26,28)/t7-,8-,9+,10+,13-,14-,19-,20-,42?/m1/s1. The van der Waals surface area contributed by atoms with Gasteiger partial charge in [0.1, 0.15) is 48.1 Å². The highest BCUT2D eigenvalue weighted by atomic mass is 32.7. The van der Waals surface area contributed by atoms with E-state index in [1.165, 1.54) is 34.4 Å². The Hall–Kier alpha value is -2.87. The fourth-order valence-electron chi connectivity index (χ4n) is 5.13. The summed E-state index contributed by atoms with van der Waals surface area (Å²) in [5.74, 6) is 0.127. The average Bonchev–Trinajstić information content (AvgIpc) is 3.73. The van der Waals surface area contributed by atoms with Gasteiger partial charge in [0.15, 0.2) is 47.7 Å². The van der Waals surface area contributed by atoms with Crippen molar-refractivity contribution in [2.75, 3.05) is 24.7 Å². The van der Waals surface area contributed by atoms with Gasteiger partial charge in [0.25, 0.3) is 0 Å². The fraction of sp³-hybridized carbons (Fsp3) is 0.500. The third-order valence-corrected chi connectivity index (χ3v) is 9.59. The van der Waals surface area contributed by atoms with Crippen LogP contribution in [0.4, 0.5) is 20.4 Å². The summed E-state index contributed by atoms with van der Waals surface area (Å²) in [5.41, 5.74) is 12.4. The van der Waals surface area contributed by atoms with Gasteiger partial charge in [-0.1, -0.05) is 12.2 Å². The van der Waals surface area contributed by atoms with Crippen LogP contribution in [-0.2, 0) is 36.7 Å². The van der Waals surface area contributed by atoms with Crippen LogP contribution in [0.2, 0.25) is 0 Å². The molecular formula is C20H22F2N10O8P2S. The number of halogens is 2. The lowest BCUT2D eigenvalue weighted by molar-refractivity contribution is -0.0539. The molecule has 0 bridgehead atoms. The molecule has 4 N–H and O–H groups in total. The van der Waals surface area contributed by atoms with Crippen LogP contribution in [0.25, 0.3) is 22.3 Å². The van der Waals surface area contributed by atoms with Gasteiger partial charge in [0, 0.05) is 0 Å². The van der Waals surface area contributed by atoms with Crippen LogP contribution in [0, 0.1) is 0 Å². The Bertz CT molecular complexity index is 1770. The second-order valence-corrected chi connectivity index (χ2v) is 13.6. The number of ether oxygens (including phenoxy) is 2. The van der Waals surface area contributed by atoms with Crippen LogP contribution in [0.5, 0.6) is 0 Å². The van der Waals surface area contributed by atoms with Crippen molar-refractivity contribution in [3.63, 3.8) is 0 Å². The van der Waals surface area contributed by atoms with Gasteiger partial charge < -0.3 is 30.0 Å². The van der Waals surface area contributed by atoms with E-state index in [1.807, 2.05) is 0 Å². The Morgan fingerprint density at radius 3 is 1.98 bits per heavy atom. The van der Waals surface area contributed by atoms with E-state index in [2.05, 4.69) is 42.2 Å². The van der Waals surface area contributed by atoms with Crippen molar-refractivity contribution in [1.82, 2.24) is 39.0 Å². The van der Waals surface area contributed by atoms with E-state index in [0.717, 1.165) is 0 Å². The number of aromatic nitrogens is 8. The van der Waals surface area contributed by atoms with Gasteiger partial charge in [0.2, 0.25) is 0 Å². The normalized spacial score (nSPS) is 37.1. The first-order valence-corrected chi connectivity index (χ1v) is 16.5. The van der Waals surface area contributed by atoms with E-state index < -0.39 is 77.5 Å². The van der Waals surface area contributed by atoms with E-state index >= 15 is 8.78 Å². The molecule has 3 fully saturated rings. The Balaban J connectivity index is 1.14. The number of thiol groups is 1. The number of imidazole rings is 2. The largest absolute Gasteiger partial charge is 0.386 e. The van der Waals surface area contributed by atoms with Gasteiger partial charge in [-0.15, -0.1) is 0 Å². The van der Waals surface area contributed by atoms with Crippen molar-refractivity contribution in [1.29, 1.82) is 0 Å². The predicted molar refractivity (Wildman–Crippen MR) is 144 cm³/mol. The molecule has 3 saturated heterocycles. The zero-order chi connectivity index (χ0) is 30.0. The number of nitrogens with zero attached hydrogens (tertiary/aromatic N) is 8. The monoisotopic (exact) mass is 662 g/mol. The Kier molecular flexibility index (Phi) is 7.34. The predicted octanol–water partition coefficient (Wildman–Crippen LogP) is 1.55. The van der Waals surface area contributed by atoms with Crippen molar-refractivity contribution >= 4 is 61.3 Å². The number of rotatable bonds is 2. The summed E-state index contributed by atoms with van der Waals surface area (Å²) >= 11 is 3.99. The summed E-state index contributed by atoms with van der Waals surface area (Å²) in [7, 11) is -3.44. The molecule has 3 aliphatic rings. The zero-order valence-electron chi connectivity index (χ0n) is 21.5. The molecule has 43 heavy (non-hydrogen) atoms. The summed E-state index contributed by atoms with van der Waals surface area (Å²) in [6.45, 7) is -5.52. The minimum atomic E-state index is -4.35. The summed E-state index contributed by atoms with van der Waals surface area (Å²) < 4.78 is 93.6. The van der Waals surface area contributed by atoms with E-state index in [1.54, 1.807) is 0 Å².